The van der Waals surface area contributed by atoms with Crippen LogP contribution in [0.15, 0.2) is 36.5 Å². The number of carbonyl (C=O) groups is 1. The number of benzene rings is 1. The Balaban J connectivity index is 2.18. The average molecular weight is 226 g/mol. The number of amides is 1. The zero-order valence-electron chi connectivity index (χ0n) is 8.97. The highest BCUT2D eigenvalue weighted by atomic mass is 16.1. The molecule has 1 amide bonds. The monoisotopic (exact) mass is 226 g/mol. The first kappa shape index (κ1) is 10.9. The van der Waals surface area contributed by atoms with E-state index in [1.165, 1.54) is 0 Å². The Hall–Kier alpha value is -2.61. The third-order valence-corrected chi connectivity index (χ3v) is 2.20. The predicted octanol–water partition coefficient (Wildman–Crippen LogP) is 1.93. The van der Waals surface area contributed by atoms with Gasteiger partial charge in [0.2, 0.25) is 5.91 Å². The van der Waals surface area contributed by atoms with Crippen LogP contribution in [0.5, 0.6) is 0 Å². The Bertz CT molecular complexity index is 554. The fourth-order valence-corrected chi connectivity index (χ4v) is 1.46. The minimum absolute atomic E-state index is 0.145. The highest BCUT2D eigenvalue weighted by Crippen LogP contribution is 2.20. The van der Waals surface area contributed by atoms with Crippen LogP contribution in [0, 0.1) is 11.3 Å². The molecule has 84 valence electrons. The minimum atomic E-state index is -0.311. The highest BCUT2D eigenvalue weighted by Gasteiger charge is 2.03. The van der Waals surface area contributed by atoms with Crippen LogP contribution in [0.1, 0.15) is 6.42 Å². The number of aromatic amines is 1. The molecule has 5 nitrogen and oxygen atoms in total. The van der Waals surface area contributed by atoms with Gasteiger partial charge >= 0.3 is 0 Å². The van der Waals surface area contributed by atoms with E-state index in [0.29, 0.717) is 5.69 Å². The lowest BCUT2D eigenvalue weighted by Crippen LogP contribution is -2.09. The third-order valence-electron chi connectivity index (χ3n) is 2.20. The summed E-state index contributed by atoms with van der Waals surface area (Å²) in [6.45, 7) is 0. The number of anilines is 1. The van der Waals surface area contributed by atoms with Crippen molar-refractivity contribution >= 4 is 11.6 Å². The molecule has 5 heteroatoms. The van der Waals surface area contributed by atoms with E-state index in [9.17, 15) is 4.79 Å². The van der Waals surface area contributed by atoms with Crippen LogP contribution < -0.4 is 5.32 Å². The summed E-state index contributed by atoms with van der Waals surface area (Å²) in [6, 6.07) is 11.0. The van der Waals surface area contributed by atoms with E-state index in [4.69, 9.17) is 5.26 Å². The van der Waals surface area contributed by atoms with Crippen LogP contribution >= 0.6 is 0 Å². The number of aromatic nitrogens is 2. The van der Waals surface area contributed by atoms with E-state index >= 15 is 0 Å². The molecule has 1 aromatic carbocycles. The van der Waals surface area contributed by atoms with Crippen molar-refractivity contribution in [2.45, 2.75) is 6.42 Å². The Morgan fingerprint density at radius 3 is 3.06 bits per heavy atom. The molecule has 17 heavy (non-hydrogen) atoms. The van der Waals surface area contributed by atoms with E-state index in [-0.39, 0.29) is 12.3 Å². The quantitative estimate of drug-likeness (QED) is 0.838. The molecule has 0 saturated heterocycles. The van der Waals surface area contributed by atoms with E-state index in [2.05, 4.69) is 15.5 Å². The third kappa shape index (κ3) is 2.69. The van der Waals surface area contributed by atoms with Gasteiger partial charge in [-0.15, -0.1) is 0 Å². The summed E-state index contributed by atoms with van der Waals surface area (Å²) in [5.74, 6) is -0.311. The topological polar surface area (TPSA) is 81.6 Å². The van der Waals surface area contributed by atoms with Crippen LogP contribution in [0.25, 0.3) is 11.3 Å². The maximum absolute atomic E-state index is 11.3. The van der Waals surface area contributed by atoms with Gasteiger partial charge in [0.1, 0.15) is 6.42 Å². The molecule has 0 radical (unpaired) electrons. The molecule has 0 bridgehead atoms. The molecule has 0 spiro atoms. The second kappa shape index (κ2) is 4.94. The van der Waals surface area contributed by atoms with Crippen molar-refractivity contribution in [3.63, 3.8) is 0 Å². The Morgan fingerprint density at radius 1 is 1.47 bits per heavy atom. The van der Waals surface area contributed by atoms with Gasteiger partial charge in [0.25, 0.3) is 0 Å². The summed E-state index contributed by atoms with van der Waals surface area (Å²) in [7, 11) is 0. The number of carbonyl (C=O) groups excluding carboxylic acids is 1. The lowest BCUT2D eigenvalue weighted by atomic mass is 10.1. The summed E-state index contributed by atoms with van der Waals surface area (Å²) in [4.78, 5) is 11.3. The van der Waals surface area contributed by atoms with Gasteiger partial charge in [-0.2, -0.15) is 10.4 Å². The second-order valence-corrected chi connectivity index (χ2v) is 3.43. The van der Waals surface area contributed by atoms with E-state index < -0.39 is 0 Å². The molecule has 0 aliphatic carbocycles. The Morgan fingerprint density at radius 2 is 2.35 bits per heavy atom. The molecular weight excluding hydrogens is 216 g/mol. The number of hydrogen-bond donors (Lipinski definition) is 2. The average Bonchev–Trinajstić information content (AvgIpc) is 2.83. The molecule has 2 aromatic rings. The lowest BCUT2D eigenvalue weighted by molar-refractivity contribution is -0.115. The zero-order valence-corrected chi connectivity index (χ0v) is 8.97. The largest absolute Gasteiger partial charge is 0.325 e. The molecule has 0 saturated carbocycles. The Kier molecular flexibility index (Phi) is 3.17. The van der Waals surface area contributed by atoms with Crippen molar-refractivity contribution in [1.82, 2.24) is 10.2 Å². The van der Waals surface area contributed by atoms with Crippen molar-refractivity contribution < 1.29 is 4.79 Å². The fraction of sp³-hybridized carbons (Fsp3) is 0.0833. The molecule has 1 heterocycles. The highest BCUT2D eigenvalue weighted by molar-refractivity contribution is 5.92. The Labute approximate surface area is 98.1 Å². The van der Waals surface area contributed by atoms with Crippen LogP contribution in [-0.4, -0.2) is 16.1 Å². The normalized spacial score (nSPS) is 9.59. The van der Waals surface area contributed by atoms with E-state index in [1.807, 2.05) is 24.3 Å². The van der Waals surface area contributed by atoms with Gasteiger partial charge in [-0.25, -0.2) is 0 Å². The van der Waals surface area contributed by atoms with Crippen LogP contribution in [-0.2, 0) is 4.79 Å². The van der Waals surface area contributed by atoms with Crippen molar-refractivity contribution in [2.24, 2.45) is 0 Å². The lowest BCUT2D eigenvalue weighted by Gasteiger charge is -2.04. The number of rotatable bonds is 3. The van der Waals surface area contributed by atoms with E-state index in [1.54, 1.807) is 18.3 Å². The summed E-state index contributed by atoms with van der Waals surface area (Å²) >= 11 is 0. The summed E-state index contributed by atoms with van der Waals surface area (Å²) in [6.07, 6.45) is 1.52. The summed E-state index contributed by atoms with van der Waals surface area (Å²) in [5.41, 5.74) is 2.47. The summed E-state index contributed by atoms with van der Waals surface area (Å²) < 4.78 is 0. The number of nitrogens with one attached hydrogen (secondary N) is 2. The first-order chi connectivity index (χ1) is 8.29. The number of nitriles is 1. The number of hydrogen-bond acceptors (Lipinski definition) is 3. The van der Waals surface area contributed by atoms with Gasteiger partial charge in [-0.05, 0) is 18.2 Å². The number of nitrogens with zero attached hydrogens (tertiary/aromatic N) is 2. The maximum atomic E-state index is 11.3. The first-order valence-electron chi connectivity index (χ1n) is 5.06. The van der Waals surface area contributed by atoms with Crippen LogP contribution in [0.4, 0.5) is 5.69 Å². The standard InChI is InChI=1S/C12H10N4O/c13-6-4-12(17)15-10-3-1-2-9(8-10)11-5-7-14-16-11/h1-3,5,7-8H,4H2,(H,14,16)(H,15,17). The number of H-pyrrole nitrogens is 1. The van der Waals surface area contributed by atoms with Crippen LogP contribution in [0.2, 0.25) is 0 Å². The van der Waals surface area contributed by atoms with E-state index in [0.717, 1.165) is 11.3 Å². The van der Waals surface area contributed by atoms with Crippen molar-refractivity contribution in [1.29, 1.82) is 5.26 Å². The van der Waals surface area contributed by atoms with Crippen molar-refractivity contribution in [3.05, 3.63) is 36.5 Å². The fourth-order valence-electron chi connectivity index (χ4n) is 1.46. The second-order valence-electron chi connectivity index (χ2n) is 3.43. The minimum Gasteiger partial charge on any atom is -0.325 e. The smallest absolute Gasteiger partial charge is 0.238 e. The van der Waals surface area contributed by atoms with Gasteiger partial charge in [-0.1, -0.05) is 12.1 Å². The molecule has 2 N–H and O–H groups in total. The predicted molar refractivity (Wildman–Crippen MR) is 62.9 cm³/mol. The molecule has 0 unspecified atom stereocenters. The summed E-state index contributed by atoms with van der Waals surface area (Å²) in [5, 5.41) is 17.8. The molecule has 0 fully saturated rings. The molecule has 0 atom stereocenters. The van der Waals surface area contributed by atoms with Gasteiger partial charge in [-0.3, -0.25) is 9.89 Å². The van der Waals surface area contributed by atoms with Crippen molar-refractivity contribution in [2.75, 3.05) is 5.32 Å². The molecular formula is C12H10N4O. The first-order valence-corrected chi connectivity index (χ1v) is 5.06. The van der Waals surface area contributed by atoms with Crippen LogP contribution in [0.3, 0.4) is 0 Å². The zero-order chi connectivity index (χ0) is 12.1. The van der Waals surface area contributed by atoms with Gasteiger partial charge in [0.15, 0.2) is 0 Å². The van der Waals surface area contributed by atoms with Gasteiger partial charge in [0.05, 0.1) is 11.8 Å². The molecule has 0 aliphatic rings. The van der Waals surface area contributed by atoms with Gasteiger partial charge in [0, 0.05) is 17.4 Å². The van der Waals surface area contributed by atoms with Gasteiger partial charge < -0.3 is 5.32 Å². The maximum Gasteiger partial charge on any atom is 0.238 e. The SMILES string of the molecule is N#CCC(=O)Nc1cccc(-c2ccn[nH]2)c1. The van der Waals surface area contributed by atoms with Crippen molar-refractivity contribution in [3.8, 4) is 17.3 Å². The molecule has 2 rings (SSSR count). The molecule has 1 aromatic heterocycles. The molecule has 0 aliphatic heterocycles.